The Labute approximate surface area is 251 Å². The Kier molecular flexibility index (Phi) is 9.96. The van der Waals surface area contributed by atoms with Crippen LogP contribution in [0.4, 0.5) is 5.00 Å². The number of carbonyl (C=O) groups is 2. The second-order valence-electron chi connectivity index (χ2n) is 11.0. The molecule has 3 aromatic rings. The molecule has 0 saturated heterocycles. The zero-order valence-electron chi connectivity index (χ0n) is 24.9. The summed E-state index contributed by atoms with van der Waals surface area (Å²) in [6.45, 7) is 12.7. The van der Waals surface area contributed by atoms with Gasteiger partial charge in [-0.2, -0.15) is 4.31 Å². The molecule has 0 fully saturated rings. The van der Waals surface area contributed by atoms with E-state index >= 15 is 0 Å². The van der Waals surface area contributed by atoms with Crippen molar-refractivity contribution in [3.63, 3.8) is 0 Å². The van der Waals surface area contributed by atoms with E-state index in [-0.39, 0.29) is 35.7 Å². The number of carbonyl (C=O) groups excluding carboxylic acids is 2. The van der Waals surface area contributed by atoms with E-state index in [1.54, 1.807) is 6.92 Å². The number of thiophene rings is 1. The molecule has 9 nitrogen and oxygen atoms in total. The lowest BCUT2D eigenvalue weighted by atomic mass is 10.1. The summed E-state index contributed by atoms with van der Waals surface area (Å²) in [5.41, 5.74) is 2.27. The Bertz CT molecular complexity index is 1530. The molecule has 42 heavy (non-hydrogen) atoms. The van der Waals surface area contributed by atoms with Crippen molar-refractivity contribution in [3.05, 3.63) is 69.6 Å². The second kappa shape index (κ2) is 13.3. The lowest BCUT2D eigenvalue weighted by Gasteiger charge is -2.25. The number of fused-ring (bicyclic) bond motifs is 1. The molecule has 0 bridgehead atoms. The van der Waals surface area contributed by atoms with Gasteiger partial charge in [-0.3, -0.25) is 4.79 Å². The number of ether oxygens (including phenoxy) is 3. The zero-order chi connectivity index (χ0) is 30.6. The molecule has 1 aliphatic rings. The molecule has 0 unspecified atom stereocenters. The minimum Gasteiger partial charge on any atom is -0.462 e. The molecule has 1 aromatic heterocycles. The molecule has 1 aliphatic heterocycles. The van der Waals surface area contributed by atoms with Crippen molar-refractivity contribution >= 4 is 38.2 Å². The van der Waals surface area contributed by atoms with Gasteiger partial charge in [0, 0.05) is 30.0 Å². The van der Waals surface area contributed by atoms with Crippen LogP contribution in [0, 0.1) is 18.8 Å². The average Bonchev–Trinajstić information content (AvgIpc) is 3.51. The predicted octanol–water partition coefficient (Wildman–Crippen LogP) is 6.11. The summed E-state index contributed by atoms with van der Waals surface area (Å²) in [7, 11) is -3.73. The van der Waals surface area contributed by atoms with Crippen molar-refractivity contribution in [2.45, 2.75) is 52.9 Å². The van der Waals surface area contributed by atoms with Crippen molar-refractivity contribution in [3.8, 4) is 11.5 Å². The van der Waals surface area contributed by atoms with E-state index in [2.05, 4.69) is 5.32 Å². The molecule has 0 atom stereocenters. The van der Waals surface area contributed by atoms with Gasteiger partial charge in [-0.15, -0.1) is 11.3 Å². The van der Waals surface area contributed by atoms with Gasteiger partial charge in [0.05, 0.1) is 17.1 Å². The molecule has 4 rings (SSSR count). The molecule has 1 N–H and O–H groups in total. The van der Waals surface area contributed by atoms with Gasteiger partial charge in [-0.25, -0.2) is 13.2 Å². The average molecular weight is 615 g/mol. The zero-order valence-corrected chi connectivity index (χ0v) is 26.5. The minimum atomic E-state index is -3.73. The molecular formula is C31H38N2O7S2. The summed E-state index contributed by atoms with van der Waals surface area (Å²) >= 11 is 1.31. The summed E-state index contributed by atoms with van der Waals surface area (Å²) in [5.74, 6) is 0.718. The van der Waals surface area contributed by atoms with Crippen LogP contribution in [0.5, 0.6) is 11.5 Å². The highest BCUT2D eigenvalue weighted by Gasteiger charge is 2.27. The number of rotatable bonds is 12. The van der Waals surface area contributed by atoms with Crippen LogP contribution in [0.2, 0.25) is 0 Å². The number of hydrogen-bond acceptors (Lipinski definition) is 8. The molecule has 0 spiro atoms. The Hall–Kier alpha value is -3.41. The maximum atomic E-state index is 13.4. The predicted molar refractivity (Wildman–Crippen MR) is 163 cm³/mol. The Morgan fingerprint density at radius 1 is 1.00 bits per heavy atom. The summed E-state index contributed by atoms with van der Waals surface area (Å²) < 4.78 is 44.4. The lowest BCUT2D eigenvalue weighted by molar-refractivity contribution is 0.0527. The maximum Gasteiger partial charge on any atom is 0.341 e. The summed E-state index contributed by atoms with van der Waals surface area (Å²) in [6.07, 6.45) is 0.519. The van der Waals surface area contributed by atoms with E-state index in [0.29, 0.717) is 41.6 Å². The lowest BCUT2D eigenvalue weighted by Crippen LogP contribution is -2.37. The number of sulfonamides is 1. The first kappa shape index (κ1) is 31.5. The van der Waals surface area contributed by atoms with Gasteiger partial charge in [-0.1, -0.05) is 33.8 Å². The first-order valence-corrected chi connectivity index (χ1v) is 16.3. The monoisotopic (exact) mass is 614 g/mol. The first-order chi connectivity index (χ1) is 19.9. The number of esters is 1. The standard InChI is InChI=1S/C31H38N2O7S2/c1-7-38-31(35)28-21(6)27(15-22-8-13-25-26(14-22)40-18-39-25)41-30(28)32-29(34)23-9-11-24(12-10-23)42(36,37)33(16-19(2)3)17-20(4)5/h8-14,19-20H,7,15-18H2,1-6H3,(H,32,34). The third-order valence-electron chi connectivity index (χ3n) is 6.65. The van der Waals surface area contributed by atoms with Crippen LogP contribution in [-0.4, -0.2) is 51.1 Å². The van der Waals surface area contributed by atoms with E-state index in [1.807, 2.05) is 52.8 Å². The minimum absolute atomic E-state index is 0.130. The topological polar surface area (TPSA) is 111 Å². The van der Waals surface area contributed by atoms with Gasteiger partial charge in [0.25, 0.3) is 5.91 Å². The molecule has 0 aliphatic carbocycles. The molecule has 2 heterocycles. The molecule has 2 aromatic carbocycles. The fraction of sp³-hybridized carbons (Fsp3) is 0.419. The van der Waals surface area contributed by atoms with Crippen LogP contribution < -0.4 is 14.8 Å². The Morgan fingerprint density at radius 2 is 1.64 bits per heavy atom. The van der Waals surface area contributed by atoms with Gasteiger partial charge < -0.3 is 19.5 Å². The van der Waals surface area contributed by atoms with Crippen LogP contribution in [0.15, 0.2) is 47.4 Å². The quantitative estimate of drug-likeness (QED) is 0.245. The van der Waals surface area contributed by atoms with E-state index in [0.717, 1.165) is 16.0 Å². The largest absolute Gasteiger partial charge is 0.462 e. The van der Waals surface area contributed by atoms with E-state index in [4.69, 9.17) is 14.2 Å². The molecule has 0 radical (unpaired) electrons. The highest BCUT2D eigenvalue weighted by molar-refractivity contribution is 7.89. The second-order valence-corrected chi connectivity index (χ2v) is 14.1. The van der Waals surface area contributed by atoms with Crippen LogP contribution >= 0.6 is 11.3 Å². The summed E-state index contributed by atoms with van der Waals surface area (Å²) in [6, 6.07) is 11.6. The van der Waals surface area contributed by atoms with Crippen molar-refractivity contribution in [1.82, 2.24) is 4.31 Å². The maximum absolute atomic E-state index is 13.4. The first-order valence-electron chi connectivity index (χ1n) is 14.0. The van der Waals surface area contributed by atoms with E-state index < -0.39 is 21.9 Å². The third-order valence-corrected chi connectivity index (χ3v) is 9.70. The number of benzene rings is 2. The Balaban J connectivity index is 1.58. The molecular weight excluding hydrogens is 576 g/mol. The number of amides is 1. The van der Waals surface area contributed by atoms with Gasteiger partial charge in [-0.05, 0) is 73.2 Å². The SMILES string of the molecule is CCOC(=O)c1c(NC(=O)c2ccc(S(=O)(=O)N(CC(C)C)CC(C)C)cc2)sc(Cc2ccc3c(c2)OCO3)c1C. The van der Waals surface area contributed by atoms with Crippen LogP contribution in [0.25, 0.3) is 0 Å². The number of hydrogen-bond donors (Lipinski definition) is 1. The normalized spacial score (nSPS) is 12.8. The van der Waals surface area contributed by atoms with Crippen LogP contribution in [-0.2, 0) is 21.2 Å². The molecule has 226 valence electrons. The number of nitrogens with zero attached hydrogens (tertiary/aromatic N) is 1. The van der Waals surface area contributed by atoms with Gasteiger partial charge in [0.1, 0.15) is 5.00 Å². The number of anilines is 1. The number of nitrogens with one attached hydrogen (secondary N) is 1. The smallest absolute Gasteiger partial charge is 0.341 e. The highest BCUT2D eigenvalue weighted by atomic mass is 32.2. The van der Waals surface area contributed by atoms with Crippen molar-refractivity contribution in [2.24, 2.45) is 11.8 Å². The van der Waals surface area contributed by atoms with Gasteiger partial charge in [0.2, 0.25) is 16.8 Å². The van der Waals surface area contributed by atoms with Crippen molar-refractivity contribution < 1.29 is 32.2 Å². The van der Waals surface area contributed by atoms with Gasteiger partial charge >= 0.3 is 5.97 Å². The van der Waals surface area contributed by atoms with E-state index in [1.165, 1.54) is 39.9 Å². The Morgan fingerprint density at radius 3 is 2.26 bits per heavy atom. The highest BCUT2D eigenvalue weighted by Crippen LogP contribution is 2.38. The molecule has 11 heteroatoms. The fourth-order valence-corrected chi connectivity index (χ4v) is 7.68. The van der Waals surface area contributed by atoms with E-state index in [9.17, 15) is 18.0 Å². The summed E-state index contributed by atoms with van der Waals surface area (Å²) in [4.78, 5) is 27.2. The van der Waals surface area contributed by atoms with Crippen molar-refractivity contribution in [2.75, 3.05) is 31.8 Å². The summed E-state index contributed by atoms with van der Waals surface area (Å²) in [5, 5.41) is 3.24. The van der Waals surface area contributed by atoms with Gasteiger partial charge in [0.15, 0.2) is 11.5 Å². The van der Waals surface area contributed by atoms with Crippen LogP contribution in [0.3, 0.4) is 0 Å². The fourth-order valence-electron chi connectivity index (χ4n) is 4.69. The van der Waals surface area contributed by atoms with Crippen molar-refractivity contribution in [1.29, 1.82) is 0 Å². The third kappa shape index (κ3) is 7.14. The molecule has 0 saturated carbocycles. The van der Waals surface area contributed by atoms with Crippen LogP contribution in [0.1, 0.15) is 71.3 Å². The molecule has 1 amide bonds.